The van der Waals surface area contributed by atoms with Crippen molar-refractivity contribution in [1.29, 1.82) is 5.26 Å². The van der Waals surface area contributed by atoms with Crippen molar-refractivity contribution in [2.45, 2.75) is 5.41 Å². The molecule has 9 aromatic carbocycles. The van der Waals surface area contributed by atoms with Gasteiger partial charge in [0.15, 0.2) is 17.5 Å². The fourth-order valence-electron chi connectivity index (χ4n) is 9.78. The van der Waals surface area contributed by atoms with Crippen LogP contribution in [0, 0.1) is 11.3 Å². The first-order valence-corrected chi connectivity index (χ1v) is 19.9. The van der Waals surface area contributed by atoms with Crippen LogP contribution >= 0.6 is 0 Å². The van der Waals surface area contributed by atoms with Gasteiger partial charge in [-0.05, 0) is 89.8 Å². The summed E-state index contributed by atoms with van der Waals surface area (Å²) >= 11 is 0. The summed E-state index contributed by atoms with van der Waals surface area (Å²) in [7, 11) is 0. The summed E-state index contributed by atoms with van der Waals surface area (Å²) in [4.78, 5) is 15.3. The number of hydrogen-bond acceptors (Lipinski definition) is 4. The van der Waals surface area contributed by atoms with Gasteiger partial charge in [-0.2, -0.15) is 5.26 Å². The van der Waals surface area contributed by atoms with Crippen LogP contribution in [-0.2, 0) is 5.41 Å². The first-order valence-electron chi connectivity index (χ1n) is 19.9. The molecule has 59 heavy (non-hydrogen) atoms. The van der Waals surface area contributed by atoms with E-state index in [9.17, 15) is 5.26 Å². The van der Waals surface area contributed by atoms with Crippen LogP contribution < -0.4 is 0 Å². The monoisotopic (exact) mass is 748 g/mol. The van der Waals surface area contributed by atoms with Crippen LogP contribution in [0.3, 0.4) is 0 Å². The average molecular weight is 749 g/mol. The molecule has 0 radical (unpaired) electrons. The van der Waals surface area contributed by atoms with Crippen LogP contribution in [0.4, 0.5) is 0 Å². The van der Waals surface area contributed by atoms with Crippen molar-refractivity contribution in [3.63, 3.8) is 0 Å². The van der Waals surface area contributed by atoms with Crippen molar-refractivity contribution < 1.29 is 0 Å². The van der Waals surface area contributed by atoms with E-state index in [-0.39, 0.29) is 0 Å². The molecule has 1 spiro atoms. The summed E-state index contributed by atoms with van der Waals surface area (Å²) in [6.45, 7) is 0. The molecule has 0 saturated heterocycles. The molecule has 0 fully saturated rings. The molecule has 1 aromatic heterocycles. The zero-order chi connectivity index (χ0) is 39.1. The Morgan fingerprint density at radius 1 is 0.339 bits per heavy atom. The van der Waals surface area contributed by atoms with Crippen molar-refractivity contribution in [3.8, 4) is 73.6 Å². The van der Waals surface area contributed by atoms with E-state index >= 15 is 0 Å². The summed E-state index contributed by atoms with van der Waals surface area (Å²) in [5, 5.41) is 15.2. The number of rotatable bonds is 4. The predicted octanol–water partition coefficient (Wildman–Crippen LogP) is 13.1. The van der Waals surface area contributed by atoms with Crippen molar-refractivity contribution in [3.05, 3.63) is 222 Å². The Hall–Kier alpha value is -8.00. The van der Waals surface area contributed by atoms with Crippen LogP contribution in [0.2, 0.25) is 0 Å². The molecule has 0 bridgehead atoms. The van der Waals surface area contributed by atoms with E-state index in [0.717, 1.165) is 55.3 Å². The molecular weight excluding hydrogens is 717 g/mol. The van der Waals surface area contributed by atoms with Crippen LogP contribution in [-0.4, -0.2) is 15.0 Å². The smallest absolute Gasteiger partial charge is 0.164 e. The quantitative estimate of drug-likeness (QED) is 0.180. The van der Waals surface area contributed by atoms with Gasteiger partial charge < -0.3 is 0 Å². The van der Waals surface area contributed by atoms with Gasteiger partial charge in [0.2, 0.25) is 0 Å². The van der Waals surface area contributed by atoms with Gasteiger partial charge in [-0.3, -0.25) is 0 Å². The molecule has 2 aliphatic rings. The van der Waals surface area contributed by atoms with Gasteiger partial charge >= 0.3 is 0 Å². The van der Waals surface area contributed by atoms with Crippen LogP contribution in [0.15, 0.2) is 194 Å². The van der Waals surface area contributed by atoms with Crippen LogP contribution in [0.25, 0.3) is 89.1 Å². The van der Waals surface area contributed by atoms with E-state index < -0.39 is 5.41 Å². The van der Waals surface area contributed by atoms with Gasteiger partial charge in [-0.25, -0.2) is 15.0 Å². The molecule has 4 heteroatoms. The zero-order valence-corrected chi connectivity index (χ0v) is 31.8. The highest BCUT2D eigenvalue weighted by atomic mass is 15.0. The minimum atomic E-state index is -0.538. The van der Waals surface area contributed by atoms with Gasteiger partial charge in [0.1, 0.15) is 0 Å². The molecule has 0 unspecified atom stereocenters. The molecule has 0 aliphatic heterocycles. The standard InChI is InChI=1S/C55H32N4/c56-33-42-15-9-21-48-50(42)51-43(18-10-22-49(51)55(48)46-19-7-5-16-44(46)45-17-6-8-20-47(45)55)36-25-27-37(28-26-36)52-57-53(40-29-23-34-11-1-3-13-38(34)31-40)59-54(58-52)41-30-24-35-12-2-4-14-39(35)32-41/h1-32H. The summed E-state index contributed by atoms with van der Waals surface area (Å²) in [5.41, 5.74) is 14.5. The number of nitrogens with zero attached hydrogens (tertiary/aromatic N) is 4. The third-order valence-corrected chi connectivity index (χ3v) is 12.4. The number of hydrogen-bond donors (Lipinski definition) is 0. The molecular formula is C55H32N4. The van der Waals surface area contributed by atoms with Gasteiger partial charge in [0.05, 0.1) is 17.0 Å². The van der Waals surface area contributed by atoms with E-state index in [1.807, 2.05) is 12.1 Å². The lowest BCUT2D eigenvalue weighted by atomic mass is 9.70. The Kier molecular flexibility index (Phi) is 7.17. The van der Waals surface area contributed by atoms with Crippen molar-refractivity contribution in [2.75, 3.05) is 0 Å². The molecule has 0 atom stereocenters. The normalized spacial score (nSPS) is 12.9. The van der Waals surface area contributed by atoms with E-state index in [1.165, 1.54) is 38.6 Å². The van der Waals surface area contributed by atoms with E-state index in [0.29, 0.717) is 23.0 Å². The Labute approximate surface area is 341 Å². The summed E-state index contributed by atoms with van der Waals surface area (Å²) in [6, 6.07) is 70.9. The van der Waals surface area contributed by atoms with E-state index in [2.05, 4.69) is 188 Å². The van der Waals surface area contributed by atoms with Gasteiger partial charge in [0, 0.05) is 22.3 Å². The highest BCUT2D eigenvalue weighted by Gasteiger charge is 2.52. The number of nitriles is 1. The van der Waals surface area contributed by atoms with Gasteiger partial charge in [-0.15, -0.1) is 0 Å². The summed E-state index contributed by atoms with van der Waals surface area (Å²) in [6.07, 6.45) is 0. The SMILES string of the molecule is N#Cc1cccc2c1-c1c(-c3ccc(-c4nc(-c5ccc6ccccc6c5)nc(-c5ccc6ccccc6c5)n4)cc3)cccc1C21c2ccccc2-c2ccccc21. The Balaban J connectivity index is 1.03. The van der Waals surface area contributed by atoms with Gasteiger partial charge in [-0.1, -0.05) is 176 Å². The van der Waals surface area contributed by atoms with Crippen LogP contribution in [0.1, 0.15) is 27.8 Å². The minimum Gasteiger partial charge on any atom is -0.208 e. The second kappa shape index (κ2) is 12.8. The van der Waals surface area contributed by atoms with E-state index in [4.69, 9.17) is 15.0 Å². The molecule has 0 amide bonds. The fraction of sp³-hybridized carbons (Fsp3) is 0.0182. The highest BCUT2D eigenvalue weighted by molar-refractivity contribution is 6.01. The molecule has 10 aromatic rings. The minimum absolute atomic E-state index is 0.538. The maximum atomic E-state index is 10.6. The number of aromatic nitrogens is 3. The number of benzene rings is 9. The van der Waals surface area contributed by atoms with Crippen molar-refractivity contribution in [1.82, 2.24) is 15.0 Å². The molecule has 1 heterocycles. The third-order valence-electron chi connectivity index (χ3n) is 12.4. The Morgan fingerprint density at radius 3 is 1.34 bits per heavy atom. The maximum Gasteiger partial charge on any atom is 0.164 e. The summed E-state index contributed by atoms with van der Waals surface area (Å²) < 4.78 is 0. The van der Waals surface area contributed by atoms with Gasteiger partial charge in [0.25, 0.3) is 0 Å². The Morgan fingerprint density at radius 2 is 0.763 bits per heavy atom. The van der Waals surface area contributed by atoms with Crippen molar-refractivity contribution >= 4 is 21.5 Å². The molecule has 272 valence electrons. The fourth-order valence-corrected chi connectivity index (χ4v) is 9.78. The zero-order valence-electron chi connectivity index (χ0n) is 31.8. The Bertz CT molecular complexity index is 3270. The lowest BCUT2D eigenvalue weighted by molar-refractivity contribution is 0.793. The van der Waals surface area contributed by atoms with Crippen LogP contribution in [0.5, 0.6) is 0 Å². The average Bonchev–Trinajstić information content (AvgIpc) is 3.79. The molecule has 0 N–H and O–H groups in total. The predicted molar refractivity (Wildman–Crippen MR) is 238 cm³/mol. The van der Waals surface area contributed by atoms with Crippen molar-refractivity contribution in [2.24, 2.45) is 0 Å². The molecule has 0 saturated carbocycles. The summed E-state index contributed by atoms with van der Waals surface area (Å²) in [5.74, 6) is 1.85. The lowest BCUT2D eigenvalue weighted by Gasteiger charge is -2.30. The molecule has 12 rings (SSSR count). The maximum absolute atomic E-state index is 10.6. The molecule has 4 nitrogen and oxygen atoms in total. The first-order chi connectivity index (χ1) is 29.2. The third kappa shape index (κ3) is 4.86. The lowest BCUT2D eigenvalue weighted by Crippen LogP contribution is -2.25. The first kappa shape index (κ1) is 33.2. The topological polar surface area (TPSA) is 62.5 Å². The second-order valence-electron chi connectivity index (χ2n) is 15.4. The number of fused-ring (bicyclic) bond motifs is 12. The second-order valence-corrected chi connectivity index (χ2v) is 15.4. The van der Waals surface area contributed by atoms with E-state index in [1.54, 1.807) is 0 Å². The largest absolute Gasteiger partial charge is 0.208 e. The molecule has 2 aliphatic carbocycles. The highest BCUT2D eigenvalue weighted by Crippen LogP contribution is 2.64.